The molecule has 0 spiro atoms. The molecule has 0 radical (unpaired) electrons. The third-order valence-electron chi connectivity index (χ3n) is 2.67. The lowest BCUT2D eigenvalue weighted by Gasteiger charge is -2.22. The predicted octanol–water partition coefficient (Wildman–Crippen LogP) is -0.429. The van der Waals surface area contributed by atoms with Crippen LogP contribution in [0.5, 0.6) is 5.75 Å². The van der Waals surface area contributed by atoms with E-state index >= 15 is 0 Å². The van der Waals surface area contributed by atoms with Crippen molar-refractivity contribution in [2.45, 2.75) is 25.6 Å². The molecule has 0 saturated heterocycles. The van der Waals surface area contributed by atoms with E-state index in [-0.39, 0.29) is 5.46 Å². The molecular formula is C10H13BO4. The first kappa shape index (κ1) is 10.5. The van der Waals surface area contributed by atoms with Crippen molar-refractivity contribution in [3.05, 3.63) is 23.8 Å². The first-order valence-corrected chi connectivity index (χ1v) is 4.79. The average Bonchev–Trinajstić information content (AvgIpc) is 2.37. The van der Waals surface area contributed by atoms with Gasteiger partial charge in [-0.1, -0.05) is 18.2 Å². The Morgan fingerprint density at radius 2 is 2.00 bits per heavy atom. The number of ether oxygens (including phenoxy) is 1. The standard InChI is InChI=1S/C10H13BO4/c1-10(2)9(12)6-4-3-5-7(11(13)14)8(6)15-10/h3-5,9,12-14H,1-2H3. The molecule has 0 saturated carbocycles. The van der Waals surface area contributed by atoms with E-state index in [2.05, 4.69) is 0 Å². The molecule has 80 valence electrons. The summed E-state index contributed by atoms with van der Waals surface area (Å²) in [5.41, 5.74) is 0.163. The minimum absolute atomic E-state index is 0.289. The molecule has 2 rings (SSSR count). The fourth-order valence-corrected chi connectivity index (χ4v) is 1.80. The Morgan fingerprint density at radius 3 is 2.60 bits per heavy atom. The number of rotatable bonds is 1. The molecule has 1 aliphatic rings. The average molecular weight is 208 g/mol. The number of aliphatic hydroxyl groups is 1. The highest BCUT2D eigenvalue weighted by Crippen LogP contribution is 2.41. The second-order valence-electron chi connectivity index (χ2n) is 4.25. The highest BCUT2D eigenvalue weighted by molar-refractivity contribution is 6.59. The van der Waals surface area contributed by atoms with Gasteiger partial charge in [0, 0.05) is 11.0 Å². The van der Waals surface area contributed by atoms with Gasteiger partial charge in [0.25, 0.3) is 0 Å². The van der Waals surface area contributed by atoms with Crippen LogP contribution in [0.25, 0.3) is 0 Å². The maximum Gasteiger partial charge on any atom is 0.492 e. The number of aliphatic hydroxyl groups excluding tert-OH is 1. The van der Waals surface area contributed by atoms with Gasteiger partial charge in [-0.05, 0) is 13.8 Å². The van der Waals surface area contributed by atoms with Crippen LogP contribution in [0.2, 0.25) is 0 Å². The van der Waals surface area contributed by atoms with Gasteiger partial charge in [0.2, 0.25) is 0 Å². The molecule has 0 aromatic heterocycles. The number of para-hydroxylation sites is 1. The quantitative estimate of drug-likeness (QED) is 0.547. The monoisotopic (exact) mass is 208 g/mol. The third-order valence-corrected chi connectivity index (χ3v) is 2.67. The molecule has 1 unspecified atom stereocenters. The molecule has 0 amide bonds. The maximum absolute atomic E-state index is 9.93. The zero-order valence-electron chi connectivity index (χ0n) is 8.64. The maximum atomic E-state index is 9.93. The molecule has 1 atom stereocenters. The number of hydrogen-bond acceptors (Lipinski definition) is 4. The largest absolute Gasteiger partial charge is 0.492 e. The van der Waals surface area contributed by atoms with Crippen molar-refractivity contribution in [1.29, 1.82) is 0 Å². The second-order valence-corrected chi connectivity index (χ2v) is 4.25. The Kier molecular flexibility index (Phi) is 2.26. The van der Waals surface area contributed by atoms with Gasteiger partial charge in [-0.3, -0.25) is 0 Å². The van der Waals surface area contributed by atoms with Gasteiger partial charge in [-0.2, -0.15) is 0 Å². The Morgan fingerprint density at radius 1 is 1.33 bits per heavy atom. The van der Waals surface area contributed by atoms with Gasteiger partial charge in [0.15, 0.2) is 0 Å². The van der Waals surface area contributed by atoms with Crippen LogP contribution in [0.4, 0.5) is 0 Å². The van der Waals surface area contributed by atoms with Crippen molar-refractivity contribution in [3.8, 4) is 5.75 Å². The molecule has 4 nitrogen and oxygen atoms in total. The van der Waals surface area contributed by atoms with Crippen molar-refractivity contribution in [2.24, 2.45) is 0 Å². The predicted molar refractivity (Wildman–Crippen MR) is 55.9 cm³/mol. The summed E-state index contributed by atoms with van der Waals surface area (Å²) in [7, 11) is -1.58. The third kappa shape index (κ3) is 1.53. The molecule has 0 bridgehead atoms. The first-order valence-electron chi connectivity index (χ1n) is 4.79. The van der Waals surface area contributed by atoms with Crippen LogP contribution in [0, 0.1) is 0 Å². The minimum atomic E-state index is -1.58. The van der Waals surface area contributed by atoms with Crippen LogP contribution in [-0.2, 0) is 0 Å². The molecular weight excluding hydrogens is 195 g/mol. The van der Waals surface area contributed by atoms with Crippen LogP contribution in [0.3, 0.4) is 0 Å². The van der Waals surface area contributed by atoms with Crippen LogP contribution in [-0.4, -0.2) is 27.9 Å². The van der Waals surface area contributed by atoms with E-state index in [9.17, 15) is 5.11 Å². The van der Waals surface area contributed by atoms with E-state index in [4.69, 9.17) is 14.8 Å². The zero-order valence-corrected chi connectivity index (χ0v) is 8.64. The van der Waals surface area contributed by atoms with Crippen LogP contribution in [0.15, 0.2) is 18.2 Å². The van der Waals surface area contributed by atoms with E-state index in [1.807, 2.05) is 0 Å². The van der Waals surface area contributed by atoms with Gasteiger partial charge in [0.05, 0.1) is 0 Å². The Balaban J connectivity index is 2.54. The van der Waals surface area contributed by atoms with Crippen LogP contribution >= 0.6 is 0 Å². The van der Waals surface area contributed by atoms with Crippen LogP contribution in [0.1, 0.15) is 25.5 Å². The fourth-order valence-electron chi connectivity index (χ4n) is 1.80. The van der Waals surface area contributed by atoms with Crippen molar-refractivity contribution in [1.82, 2.24) is 0 Å². The molecule has 5 heteroatoms. The van der Waals surface area contributed by atoms with Crippen molar-refractivity contribution >= 4 is 12.6 Å². The summed E-state index contributed by atoms with van der Waals surface area (Å²) >= 11 is 0. The van der Waals surface area contributed by atoms with Crippen molar-refractivity contribution in [2.75, 3.05) is 0 Å². The molecule has 1 aromatic carbocycles. The van der Waals surface area contributed by atoms with Gasteiger partial charge < -0.3 is 19.9 Å². The number of benzene rings is 1. The minimum Gasteiger partial charge on any atom is -0.485 e. The summed E-state index contributed by atoms with van der Waals surface area (Å²) in [6, 6.07) is 4.96. The van der Waals surface area contributed by atoms with Crippen molar-refractivity contribution < 1.29 is 19.9 Å². The van der Waals surface area contributed by atoms with Gasteiger partial charge in [0.1, 0.15) is 17.5 Å². The highest BCUT2D eigenvalue weighted by Gasteiger charge is 2.42. The lowest BCUT2D eigenvalue weighted by molar-refractivity contribution is 0.000855. The summed E-state index contributed by atoms with van der Waals surface area (Å²) in [6.07, 6.45) is -0.744. The highest BCUT2D eigenvalue weighted by atomic mass is 16.5. The smallest absolute Gasteiger partial charge is 0.485 e. The van der Waals surface area contributed by atoms with Gasteiger partial charge in [-0.25, -0.2) is 0 Å². The molecule has 3 N–H and O–H groups in total. The second kappa shape index (κ2) is 3.23. The molecule has 0 fully saturated rings. The van der Waals surface area contributed by atoms with Crippen molar-refractivity contribution in [3.63, 3.8) is 0 Å². The topological polar surface area (TPSA) is 69.9 Å². The normalized spacial score (nSPS) is 22.1. The summed E-state index contributed by atoms with van der Waals surface area (Å²) in [5, 5.41) is 28.2. The molecule has 15 heavy (non-hydrogen) atoms. The Labute approximate surface area is 88.3 Å². The molecule has 0 aliphatic carbocycles. The van der Waals surface area contributed by atoms with E-state index in [0.29, 0.717) is 11.3 Å². The van der Waals surface area contributed by atoms with Crippen LogP contribution < -0.4 is 10.2 Å². The van der Waals surface area contributed by atoms with E-state index in [1.54, 1.807) is 32.0 Å². The SMILES string of the molecule is CC1(C)Oc2c(B(O)O)cccc2C1O. The molecule has 1 aromatic rings. The Bertz CT molecular complexity index is 389. The zero-order chi connectivity index (χ0) is 11.2. The number of hydrogen-bond donors (Lipinski definition) is 3. The van der Waals surface area contributed by atoms with E-state index in [1.165, 1.54) is 0 Å². The molecule has 1 heterocycles. The first-order chi connectivity index (χ1) is 6.93. The van der Waals surface area contributed by atoms with E-state index in [0.717, 1.165) is 0 Å². The summed E-state index contributed by atoms with van der Waals surface area (Å²) < 4.78 is 5.53. The summed E-state index contributed by atoms with van der Waals surface area (Å²) in [4.78, 5) is 0. The summed E-state index contributed by atoms with van der Waals surface area (Å²) in [5.74, 6) is 0.380. The fraction of sp³-hybridized carbons (Fsp3) is 0.400. The van der Waals surface area contributed by atoms with Gasteiger partial charge >= 0.3 is 7.12 Å². The molecule has 1 aliphatic heterocycles. The summed E-state index contributed by atoms with van der Waals surface area (Å²) in [6.45, 7) is 3.51. The van der Waals surface area contributed by atoms with Gasteiger partial charge in [-0.15, -0.1) is 0 Å². The Hall–Kier alpha value is -1.04. The lowest BCUT2D eigenvalue weighted by Crippen LogP contribution is -2.33. The lowest BCUT2D eigenvalue weighted by atomic mass is 9.78. The number of fused-ring (bicyclic) bond motifs is 1. The van der Waals surface area contributed by atoms with E-state index < -0.39 is 18.8 Å².